The molecule has 0 fully saturated rings. The number of hydrogen-bond acceptors (Lipinski definition) is 2. The maximum Gasteiger partial charge on any atom is 0.186 e. The SMILES string of the molecule is c1ccc(C2=C3CC4CCC[N+]5=C4C(=C3Oc3c2cc2c4c3CCCN4CCC2)CCC5)cc1. The third-order valence-corrected chi connectivity index (χ3v) is 9.18. The molecule has 1 aliphatic carbocycles. The van der Waals surface area contributed by atoms with Gasteiger partial charge in [-0.3, -0.25) is 0 Å². The molecule has 1 atom stereocenters. The smallest absolute Gasteiger partial charge is 0.186 e. The Kier molecular flexibility index (Phi) is 4.21. The number of fused-ring (bicyclic) bond motifs is 3. The maximum absolute atomic E-state index is 7.14. The summed E-state index contributed by atoms with van der Waals surface area (Å²) >= 11 is 0. The van der Waals surface area contributed by atoms with Gasteiger partial charge in [-0.05, 0) is 67.7 Å². The zero-order valence-corrected chi connectivity index (χ0v) is 20.0. The van der Waals surface area contributed by atoms with Gasteiger partial charge in [0.15, 0.2) is 5.71 Å². The number of rotatable bonds is 1. The summed E-state index contributed by atoms with van der Waals surface area (Å²) < 4.78 is 9.85. The van der Waals surface area contributed by atoms with E-state index in [0.717, 1.165) is 12.8 Å². The number of nitrogens with zero attached hydrogens (tertiary/aromatic N) is 2. The van der Waals surface area contributed by atoms with Gasteiger partial charge in [-0.2, -0.15) is 0 Å². The molecular formula is C31H33N2O+. The van der Waals surface area contributed by atoms with E-state index < -0.39 is 0 Å². The van der Waals surface area contributed by atoms with Crippen molar-refractivity contribution in [2.24, 2.45) is 5.92 Å². The molecule has 3 nitrogen and oxygen atoms in total. The normalized spacial score (nSPS) is 24.8. The molecule has 1 unspecified atom stereocenters. The van der Waals surface area contributed by atoms with E-state index in [-0.39, 0.29) is 0 Å². The lowest BCUT2D eigenvalue weighted by atomic mass is 9.72. The van der Waals surface area contributed by atoms with Crippen LogP contribution < -0.4 is 9.64 Å². The summed E-state index contributed by atoms with van der Waals surface area (Å²) in [5.74, 6) is 3.08. The van der Waals surface area contributed by atoms with E-state index in [0.29, 0.717) is 5.92 Å². The molecule has 8 rings (SSSR count). The molecule has 0 saturated carbocycles. The van der Waals surface area contributed by atoms with E-state index >= 15 is 0 Å². The Morgan fingerprint density at radius 3 is 2.65 bits per heavy atom. The Balaban J connectivity index is 1.45. The lowest BCUT2D eigenvalue weighted by Crippen LogP contribution is -2.42. The van der Waals surface area contributed by atoms with Gasteiger partial charge in [-0.25, -0.2) is 4.58 Å². The molecule has 0 N–H and O–H groups in total. The molecule has 0 aromatic heterocycles. The Hall–Kier alpha value is -2.81. The van der Waals surface area contributed by atoms with E-state index in [9.17, 15) is 0 Å². The standard InChI is InChI=1S/C31H33N2O/c1-2-8-20(9-3-1)27-25-18-21-10-4-14-32-16-6-12-23(28(21)32)30(25)34-31-24-13-7-17-33-15-5-11-22(29(24)33)19-26(27)31/h1-3,8-9,18,22H,4-7,10-17,19H2/q+1. The monoisotopic (exact) mass is 449 g/mol. The number of allylic oxidation sites excluding steroid dienone is 2. The summed E-state index contributed by atoms with van der Waals surface area (Å²) in [6, 6.07) is 13.7. The van der Waals surface area contributed by atoms with Crippen LogP contribution in [0.25, 0.3) is 5.57 Å². The lowest BCUT2D eigenvalue weighted by Gasteiger charge is -2.42. The summed E-state index contributed by atoms with van der Waals surface area (Å²) in [5, 5.41) is 0. The molecule has 0 saturated heterocycles. The van der Waals surface area contributed by atoms with Crippen molar-refractivity contribution in [2.75, 3.05) is 31.1 Å². The van der Waals surface area contributed by atoms with Gasteiger partial charge in [0.05, 0.1) is 5.57 Å². The van der Waals surface area contributed by atoms with Crippen molar-refractivity contribution >= 4 is 17.0 Å². The van der Waals surface area contributed by atoms with Gasteiger partial charge in [-0.15, -0.1) is 0 Å². The van der Waals surface area contributed by atoms with Gasteiger partial charge in [0.2, 0.25) is 0 Å². The number of hydrogen-bond donors (Lipinski definition) is 0. The molecule has 5 heterocycles. The minimum Gasteiger partial charge on any atom is -0.455 e. The van der Waals surface area contributed by atoms with E-state index in [1.807, 2.05) is 0 Å². The second kappa shape index (κ2) is 7.34. The molecule has 0 spiro atoms. The van der Waals surface area contributed by atoms with Crippen molar-refractivity contribution in [2.45, 2.75) is 57.8 Å². The fourth-order valence-electron chi connectivity index (χ4n) is 7.91. The summed E-state index contributed by atoms with van der Waals surface area (Å²) in [6.07, 6.45) is 11.1. The quantitative estimate of drug-likeness (QED) is 0.504. The van der Waals surface area contributed by atoms with Gasteiger partial charge >= 0.3 is 0 Å². The first-order chi connectivity index (χ1) is 16.9. The van der Waals surface area contributed by atoms with Crippen LogP contribution in [0.1, 0.15) is 67.2 Å². The summed E-state index contributed by atoms with van der Waals surface area (Å²) in [5.41, 5.74) is 13.4. The predicted octanol–water partition coefficient (Wildman–Crippen LogP) is 5.89. The van der Waals surface area contributed by atoms with Crippen molar-refractivity contribution in [1.29, 1.82) is 0 Å². The van der Waals surface area contributed by atoms with E-state index in [4.69, 9.17) is 4.74 Å². The average Bonchev–Trinajstić information content (AvgIpc) is 2.89. The topological polar surface area (TPSA) is 15.5 Å². The third kappa shape index (κ3) is 2.67. The van der Waals surface area contributed by atoms with E-state index in [1.165, 1.54) is 122 Å². The summed E-state index contributed by atoms with van der Waals surface area (Å²) in [4.78, 5) is 2.65. The predicted molar refractivity (Wildman–Crippen MR) is 137 cm³/mol. The highest BCUT2D eigenvalue weighted by Gasteiger charge is 2.45. The molecule has 2 aromatic carbocycles. The van der Waals surface area contributed by atoms with Gasteiger partial charge in [0, 0.05) is 54.2 Å². The number of anilines is 1. The first-order valence-corrected chi connectivity index (χ1v) is 13.6. The van der Waals surface area contributed by atoms with Crippen molar-refractivity contribution in [3.63, 3.8) is 0 Å². The van der Waals surface area contributed by atoms with Crippen LogP contribution in [0.5, 0.6) is 5.75 Å². The van der Waals surface area contributed by atoms with Crippen LogP contribution in [0.3, 0.4) is 0 Å². The fourth-order valence-corrected chi connectivity index (χ4v) is 7.91. The Morgan fingerprint density at radius 2 is 1.74 bits per heavy atom. The van der Waals surface area contributed by atoms with Crippen LogP contribution in [0, 0.1) is 5.92 Å². The van der Waals surface area contributed by atoms with Gasteiger partial charge in [0.1, 0.15) is 24.6 Å². The molecule has 0 radical (unpaired) electrons. The van der Waals surface area contributed by atoms with Crippen molar-refractivity contribution in [1.82, 2.24) is 0 Å². The van der Waals surface area contributed by atoms with Gasteiger partial charge in [0.25, 0.3) is 0 Å². The summed E-state index contributed by atoms with van der Waals surface area (Å²) in [7, 11) is 0. The van der Waals surface area contributed by atoms with Gasteiger partial charge in [-0.1, -0.05) is 30.3 Å². The molecule has 6 aliphatic rings. The highest BCUT2D eigenvalue weighted by atomic mass is 16.5. The van der Waals surface area contributed by atoms with Crippen LogP contribution in [0.2, 0.25) is 0 Å². The third-order valence-electron chi connectivity index (χ3n) is 9.18. The summed E-state index contributed by atoms with van der Waals surface area (Å²) in [6.45, 7) is 4.87. The molecular weight excluding hydrogens is 416 g/mol. The molecule has 0 amide bonds. The number of aryl methyl sites for hydroxylation is 1. The minimum absolute atomic E-state index is 0.665. The molecule has 172 valence electrons. The first kappa shape index (κ1) is 19.5. The van der Waals surface area contributed by atoms with Crippen LogP contribution in [-0.2, 0) is 12.8 Å². The van der Waals surface area contributed by atoms with Crippen LogP contribution >= 0.6 is 0 Å². The molecule has 5 aliphatic heterocycles. The van der Waals surface area contributed by atoms with E-state index in [2.05, 4.69) is 45.9 Å². The van der Waals surface area contributed by atoms with Crippen molar-refractivity contribution in [3.8, 4) is 5.75 Å². The fraction of sp³-hybridized carbons (Fsp3) is 0.452. The highest BCUT2D eigenvalue weighted by molar-refractivity contribution is 6.04. The Bertz CT molecular complexity index is 1310. The Morgan fingerprint density at radius 1 is 0.882 bits per heavy atom. The highest BCUT2D eigenvalue weighted by Crippen LogP contribution is 2.53. The van der Waals surface area contributed by atoms with Crippen LogP contribution in [0.15, 0.2) is 53.3 Å². The molecule has 34 heavy (non-hydrogen) atoms. The van der Waals surface area contributed by atoms with Crippen LogP contribution in [-0.4, -0.2) is 36.5 Å². The molecule has 3 heteroatoms. The van der Waals surface area contributed by atoms with E-state index in [1.54, 1.807) is 11.3 Å². The van der Waals surface area contributed by atoms with Crippen LogP contribution in [0.4, 0.5) is 5.69 Å². The second-order valence-corrected chi connectivity index (χ2v) is 11.1. The van der Waals surface area contributed by atoms with Crippen molar-refractivity contribution < 1.29 is 9.31 Å². The minimum atomic E-state index is 0.665. The number of benzene rings is 2. The molecule has 0 bridgehead atoms. The maximum atomic E-state index is 7.14. The zero-order valence-electron chi connectivity index (χ0n) is 20.0. The lowest BCUT2D eigenvalue weighted by molar-refractivity contribution is -0.538. The van der Waals surface area contributed by atoms with Crippen molar-refractivity contribution in [3.05, 3.63) is 75.6 Å². The second-order valence-electron chi connectivity index (χ2n) is 11.1. The first-order valence-electron chi connectivity index (χ1n) is 13.6. The average molecular weight is 450 g/mol. The zero-order chi connectivity index (χ0) is 22.2. The number of ether oxygens (including phenoxy) is 1. The Labute approximate surface area is 202 Å². The molecule has 2 aromatic rings. The largest absolute Gasteiger partial charge is 0.455 e. The van der Waals surface area contributed by atoms with Gasteiger partial charge < -0.3 is 9.64 Å².